The Bertz CT molecular complexity index is 871. The van der Waals surface area contributed by atoms with Gasteiger partial charge in [-0.2, -0.15) is 5.10 Å². The maximum atomic E-state index is 5.46. The Kier molecular flexibility index (Phi) is 3.78. The van der Waals surface area contributed by atoms with E-state index in [1.54, 1.807) is 11.8 Å². The number of fused-ring (bicyclic) bond motifs is 1. The summed E-state index contributed by atoms with van der Waals surface area (Å²) < 4.78 is 12.6. The molecule has 1 aliphatic heterocycles. The molecule has 2 aromatic heterocycles. The van der Waals surface area contributed by atoms with Crippen LogP contribution in [-0.2, 0) is 11.8 Å². The van der Waals surface area contributed by atoms with Crippen LogP contribution in [0, 0.1) is 0 Å². The first kappa shape index (κ1) is 14.9. The molecule has 0 unspecified atom stereocenters. The fourth-order valence-electron chi connectivity index (χ4n) is 2.91. The average Bonchev–Trinajstić information content (AvgIpc) is 3.03. The van der Waals surface area contributed by atoms with Gasteiger partial charge in [-0.15, -0.1) is 0 Å². The van der Waals surface area contributed by atoms with Gasteiger partial charge in [-0.05, 0) is 12.1 Å². The summed E-state index contributed by atoms with van der Waals surface area (Å²) >= 11 is 0. The lowest BCUT2D eigenvalue weighted by Crippen LogP contribution is -2.37. The van der Waals surface area contributed by atoms with Crippen molar-refractivity contribution in [2.75, 3.05) is 38.3 Å². The molecular weight excluding hydrogens is 306 g/mol. The Labute approximate surface area is 139 Å². The van der Waals surface area contributed by atoms with Gasteiger partial charge in [0.2, 0.25) is 0 Å². The van der Waals surface area contributed by atoms with E-state index in [4.69, 9.17) is 19.4 Å². The molecule has 3 heterocycles. The SMILES string of the molecule is COc1cccc(-c2nc(N3CCOCC3)c3cnn(C)c3n2)c1. The quantitative estimate of drug-likeness (QED) is 0.732. The van der Waals surface area contributed by atoms with Gasteiger partial charge in [0.25, 0.3) is 0 Å². The second kappa shape index (κ2) is 6.09. The van der Waals surface area contributed by atoms with Gasteiger partial charge in [0.1, 0.15) is 11.6 Å². The number of morpholine rings is 1. The minimum atomic E-state index is 0.673. The van der Waals surface area contributed by atoms with Crippen molar-refractivity contribution >= 4 is 16.9 Å². The molecule has 0 atom stereocenters. The summed E-state index contributed by atoms with van der Waals surface area (Å²) in [6.45, 7) is 3.05. The fourth-order valence-corrected chi connectivity index (χ4v) is 2.91. The zero-order valence-corrected chi connectivity index (χ0v) is 13.8. The van der Waals surface area contributed by atoms with Crippen LogP contribution in [0.4, 0.5) is 5.82 Å². The Balaban J connectivity index is 1.88. The van der Waals surface area contributed by atoms with E-state index in [1.807, 2.05) is 37.5 Å². The number of hydrogen-bond acceptors (Lipinski definition) is 6. The number of nitrogens with zero attached hydrogens (tertiary/aromatic N) is 5. The van der Waals surface area contributed by atoms with Gasteiger partial charge in [0, 0.05) is 25.7 Å². The van der Waals surface area contributed by atoms with Crippen LogP contribution in [0.1, 0.15) is 0 Å². The van der Waals surface area contributed by atoms with Crippen LogP contribution in [0.25, 0.3) is 22.4 Å². The van der Waals surface area contributed by atoms with Crippen LogP contribution >= 0.6 is 0 Å². The minimum absolute atomic E-state index is 0.673. The topological polar surface area (TPSA) is 65.3 Å². The molecule has 7 heteroatoms. The highest BCUT2D eigenvalue weighted by atomic mass is 16.5. The van der Waals surface area contributed by atoms with E-state index in [0.717, 1.165) is 41.3 Å². The Morgan fingerprint density at radius 1 is 1.17 bits per heavy atom. The first-order chi connectivity index (χ1) is 11.8. The largest absolute Gasteiger partial charge is 0.497 e. The molecule has 0 radical (unpaired) electrons. The van der Waals surface area contributed by atoms with Crippen molar-refractivity contribution in [3.05, 3.63) is 30.5 Å². The molecule has 0 saturated carbocycles. The van der Waals surface area contributed by atoms with E-state index in [-0.39, 0.29) is 0 Å². The first-order valence-corrected chi connectivity index (χ1v) is 7.93. The third kappa shape index (κ3) is 2.56. The van der Waals surface area contributed by atoms with E-state index in [0.29, 0.717) is 19.0 Å². The van der Waals surface area contributed by atoms with E-state index >= 15 is 0 Å². The van der Waals surface area contributed by atoms with Gasteiger partial charge in [-0.1, -0.05) is 12.1 Å². The zero-order chi connectivity index (χ0) is 16.5. The fraction of sp³-hybridized carbons (Fsp3) is 0.353. The number of hydrogen-bond donors (Lipinski definition) is 0. The maximum absolute atomic E-state index is 5.46. The molecule has 24 heavy (non-hydrogen) atoms. The molecule has 1 saturated heterocycles. The van der Waals surface area contributed by atoms with Crippen molar-refractivity contribution < 1.29 is 9.47 Å². The average molecular weight is 325 g/mol. The highest BCUT2D eigenvalue weighted by Gasteiger charge is 2.20. The third-order valence-corrected chi connectivity index (χ3v) is 4.21. The summed E-state index contributed by atoms with van der Waals surface area (Å²) in [5, 5.41) is 5.32. The maximum Gasteiger partial charge on any atom is 0.164 e. The van der Waals surface area contributed by atoms with Gasteiger partial charge in [-0.25, -0.2) is 9.97 Å². The molecule has 0 spiro atoms. The summed E-state index contributed by atoms with van der Waals surface area (Å²) in [6.07, 6.45) is 1.83. The molecule has 1 aromatic carbocycles. The highest BCUT2D eigenvalue weighted by Crippen LogP contribution is 2.29. The number of aromatic nitrogens is 4. The molecule has 0 bridgehead atoms. The molecule has 1 fully saturated rings. The van der Waals surface area contributed by atoms with Crippen LogP contribution in [-0.4, -0.2) is 53.2 Å². The van der Waals surface area contributed by atoms with E-state index < -0.39 is 0 Å². The van der Waals surface area contributed by atoms with Gasteiger partial charge >= 0.3 is 0 Å². The van der Waals surface area contributed by atoms with E-state index in [2.05, 4.69) is 10.00 Å². The smallest absolute Gasteiger partial charge is 0.164 e. The molecular formula is C17H19N5O2. The number of anilines is 1. The summed E-state index contributed by atoms with van der Waals surface area (Å²) in [5.41, 5.74) is 1.75. The van der Waals surface area contributed by atoms with Crippen LogP contribution in [0.3, 0.4) is 0 Å². The minimum Gasteiger partial charge on any atom is -0.497 e. The lowest BCUT2D eigenvalue weighted by Gasteiger charge is -2.28. The number of ether oxygens (including phenoxy) is 2. The summed E-state index contributed by atoms with van der Waals surface area (Å²) in [4.78, 5) is 11.8. The van der Waals surface area contributed by atoms with Gasteiger partial charge < -0.3 is 14.4 Å². The molecule has 0 amide bonds. The van der Waals surface area contributed by atoms with E-state index in [9.17, 15) is 0 Å². The predicted octanol–water partition coefficient (Wildman–Crippen LogP) is 1.88. The second-order valence-electron chi connectivity index (χ2n) is 5.71. The van der Waals surface area contributed by atoms with Crippen molar-refractivity contribution in [1.82, 2.24) is 19.7 Å². The van der Waals surface area contributed by atoms with Crippen molar-refractivity contribution in [3.8, 4) is 17.1 Å². The second-order valence-corrected chi connectivity index (χ2v) is 5.71. The number of aryl methyl sites for hydroxylation is 1. The number of benzene rings is 1. The van der Waals surface area contributed by atoms with Crippen LogP contribution in [0.15, 0.2) is 30.5 Å². The lowest BCUT2D eigenvalue weighted by atomic mass is 10.2. The van der Waals surface area contributed by atoms with Gasteiger partial charge in [0.05, 0.1) is 31.9 Å². The first-order valence-electron chi connectivity index (χ1n) is 7.93. The Morgan fingerprint density at radius 3 is 2.79 bits per heavy atom. The normalized spacial score (nSPS) is 15.0. The lowest BCUT2D eigenvalue weighted by molar-refractivity contribution is 0.122. The number of methoxy groups -OCH3 is 1. The summed E-state index contributed by atoms with van der Waals surface area (Å²) in [7, 11) is 3.55. The summed E-state index contributed by atoms with van der Waals surface area (Å²) in [6, 6.07) is 7.79. The predicted molar refractivity (Wildman–Crippen MR) is 91.3 cm³/mol. The Morgan fingerprint density at radius 2 is 2.00 bits per heavy atom. The van der Waals surface area contributed by atoms with Crippen molar-refractivity contribution in [3.63, 3.8) is 0 Å². The molecule has 0 aliphatic carbocycles. The van der Waals surface area contributed by atoms with Crippen LogP contribution in [0.5, 0.6) is 5.75 Å². The van der Waals surface area contributed by atoms with Crippen molar-refractivity contribution in [2.24, 2.45) is 7.05 Å². The van der Waals surface area contributed by atoms with Crippen molar-refractivity contribution in [2.45, 2.75) is 0 Å². The third-order valence-electron chi connectivity index (χ3n) is 4.21. The summed E-state index contributed by atoms with van der Waals surface area (Å²) in [5.74, 6) is 2.37. The van der Waals surface area contributed by atoms with Gasteiger partial charge in [-0.3, -0.25) is 4.68 Å². The van der Waals surface area contributed by atoms with Crippen LogP contribution in [0.2, 0.25) is 0 Å². The molecule has 1 aliphatic rings. The Hall–Kier alpha value is -2.67. The molecule has 4 rings (SSSR count). The highest BCUT2D eigenvalue weighted by molar-refractivity contribution is 5.88. The van der Waals surface area contributed by atoms with E-state index in [1.165, 1.54) is 0 Å². The molecule has 0 N–H and O–H groups in total. The monoisotopic (exact) mass is 325 g/mol. The molecule has 124 valence electrons. The molecule has 7 nitrogen and oxygen atoms in total. The van der Waals surface area contributed by atoms with Gasteiger partial charge in [0.15, 0.2) is 11.5 Å². The molecule has 3 aromatic rings. The van der Waals surface area contributed by atoms with Crippen molar-refractivity contribution in [1.29, 1.82) is 0 Å². The number of rotatable bonds is 3. The zero-order valence-electron chi connectivity index (χ0n) is 13.8. The van der Waals surface area contributed by atoms with Crippen LogP contribution < -0.4 is 9.64 Å². The standard InChI is InChI=1S/C17H19N5O2/c1-21-16-14(11-18-21)17(22-6-8-24-9-7-22)20-15(19-16)12-4-3-5-13(10-12)23-2/h3-5,10-11H,6-9H2,1-2H3.